The topological polar surface area (TPSA) is 20.2 Å². The van der Waals surface area contributed by atoms with Crippen LogP contribution in [0.25, 0.3) is 0 Å². The zero-order valence-electron chi connectivity index (χ0n) is 8.27. The first-order valence-electron chi connectivity index (χ1n) is 4.97. The number of hydrogen-bond acceptors (Lipinski definition) is 1. The van der Waals surface area contributed by atoms with Crippen LogP contribution in [-0.4, -0.2) is 10.7 Å². The predicted molar refractivity (Wildman–Crippen MR) is 52.0 cm³/mol. The van der Waals surface area contributed by atoms with Crippen LogP contribution in [0.5, 0.6) is 0 Å². The molecule has 0 bridgehead atoms. The van der Waals surface area contributed by atoms with Crippen LogP contribution in [0.2, 0.25) is 0 Å². The van der Waals surface area contributed by atoms with Gasteiger partial charge in [-0.15, -0.1) is 0 Å². The highest BCUT2D eigenvalue weighted by molar-refractivity contribution is 5.11. The number of aliphatic hydroxyl groups is 1. The molecule has 0 aromatic heterocycles. The maximum Gasteiger partial charge on any atom is 0.0854 e. The summed E-state index contributed by atoms with van der Waals surface area (Å²) in [5.74, 6) is 0.709. The van der Waals surface area contributed by atoms with Gasteiger partial charge in [0.05, 0.1) is 5.60 Å². The first-order chi connectivity index (χ1) is 5.58. The van der Waals surface area contributed by atoms with Gasteiger partial charge in [-0.3, -0.25) is 0 Å². The fourth-order valence-electron chi connectivity index (χ4n) is 2.10. The van der Waals surface area contributed by atoms with Crippen molar-refractivity contribution in [3.63, 3.8) is 0 Å². The molecule has 0 saturated heterocycles. The first-order valence-corrected chi connectivity index (χ1v) is 4.97. The van der Waals surface area contributed by atoms with Crippen LogP contribution < -0.4 is 0 Å². The molecule has 2 unspecified atom stereocenters. The fourth-order valence-corrected chi connectivity index (χ4v) is 2.10. The average Bonchev–Trinajstić information content (AvgIpc) is 2.04. The van der Waals surface area contributed by atoms with Crippen molar-refractivity contribution in [2.24, 2.45) is 5.92 Å². The third kappa shape index (κ3) is 1.89. The van der Waals surface area contributed by atoms with E-state index < -0.39 is 5.60 Å². The Morgan fingerprint density at radius 3 is 2.83 bits per heavy atom. The van der Waals surface area contributed by atoms with Crippen LogP contribution in [0.15, 0.2) is 12.2 Å². The van der Waals surface area contributed by atoms with E-state index in [1.807, 2.05) is 6.92 Å². The molecule has 1 rings (SSSR count). The average molecular weight is 168 g/mol. The van der Waals surface area contributed by atoms with Crippen LogP contribution in [-0.2, 0) is 0 Å². The van der Waals surface area contributed by atoms with Crippen molar-refractivity contribution >= 4 is 0 Å². The summed E-state index contributed by atoms with van der Waals surface area (Å²) < 4.78 is 0. The van der Waals surface area contributed by atoms with Gasteiger partial charge in [0.2, 0.25) is 0 Å². The van der Waals surface area contributed by atoms with Crippen LogP contribution >= 0.6 is 0 Å². The van der Waals surface area contributed by atoms with E-state index in [9.17, 15) is 5.11 Å². The Hall–Kier alpha value is -0.300. The van der Waals surface area contributed by atoms with Gasteiger partial charge in [0.1, 0.15) is 0 Å². The van der Waals surface area contributed by atoms with Crippen LogP contribution in [0, 0.1) is 5.92 Å². The molecule has 1 N–H and O–H groups in total. The van der Waals surface area contributed by atoms with Gasteiger partial charge in [-0.2, -0.15) is 0 Å². The molecule has 0 heterocycles. The Morgan fingerprint density at radius 1 is 1.67 bits per heavy atom. The summed E-state index contributed by atoms with van der Waals surface area (Å²) in [6, 6.07) is 0. The Morgan fingerprint density at radius 2 is 2.33 bits per heavy atom. The molecular weight excluding hydrogens is 148 g/mol. The lowest BCUT2D eigenvalue weighted by Crippen LogP contribution is -2.35. The molecule has 12 heavy (non-hydrogen) atoms. The molecule has 1 fully saturated rings. The third-order valence-electron chi connectivity index (χ3n) is 3.20. The smallest absolute Gasteiger partial charge is 0.0854 e. The van der Waals surface area contributed by atoms with Gasteiger partial charge in [0.15, 0.2) is 0 Å². The SMILES string of the molecule is C=C(C)C1(O)CCCC(CC)C1. The predicted octanol–water partition coefficient (Wildman–Crippen LogP) is 2.89. The van der Waals surface area contributed by atoms with Gasteiger partial charge in [-0.1, -0.05) is 26.3 Å². The number of hydrogen-bond donors (Lipinski definition) is 1. The third-order valence-corrected chi connectivity index (χ3v) is 3.20. The Bertz CT molecular complexity index is 174. The molecule has 0 amide bonds. The lowest BCUT2D eigenvalue weighted by Gasteiger charge is -2.37. The van der Waals surface area contributed by atoms with Crippen LogP contribution in [0.1, 0.15) is 46.0 Å². The van der Waals surface area contributed by atoms with Crippen molar-refractivity contribution in [1.29, 1.82) is 0 Å². The molecule has 0 aromatic carbocycles. The maximum atomic E-state index is 10.2. The fraction of sp³-hybridized carbons (Fsp3) is 0.818. The van der Waals surface area contributed by atoms with Gasteiger partial charge < -0.3 is 5.11 Å². The van der Waals surface area contributed by atoms with E-state index in [4.69, 9.17) is 0 Å². The zero-order valence-corrected chi connectivity index (χ0v) is 8.27. The number of rotatable bonds is 2. The molecule has 0 radical (unpaired) electrons. The molecule has 1 heteroatoms. The molecule has 0 aliphatic heterocycles. The molecule has 70 valence electrons. The molecular formula is C11H20O. The monoisotopic (exact) mass is 168 g/mol. The van der Waals surface area contributed by atoms with Gasteiger partial charge in [0, 0.05) is 0 Å². The molecule has 1 aliphatic carbocycles. The second-order valence-corrected chi connectivity index (χ2v) is 4.18. The summed E-state index contributed by atoms with van der Waals surface area (Å²) >= 11 is 0. The normalized spacial score (nSPS) is 36.4. The van der Waals surface area contributed by atoms with Gasteiger partial charge in [0.25, 0.3) is 0 Å². The molecule has 1 aliphatic rings. The quantitative estimate of drug-likeness (QED) is 0.629. The van der Waals surface area contributed by atoms with E-state index in [1.165, 1.54) is 12.8 Å². The molecule has 1 saturated carbocycles. The largest absolute Gasteiger partial charge is 0.386 e. The van der Waals surface area contributed by atoms with Gasteiger partial charge >= 0.3 is 0 Å². The van der Waals surface area contributed by atoms with E-state index in [2.05, 4.69) is 13.5 Å². The summed E-state index contributed by atoms with van der Waals surface area (Å²) in [5, 5.41) is 10.2. The van der Waals surface area contributed by atoms with E-state index >= 15 is 0 Å². The lowest BCUT2D eigenvalue weighted by atomic mass is 9.74. The molecule has 2 atom stereocenters. The molecule has 0 spiro atoms. The van der Waals surface area contributed by atoms with Crippen molar-refractivity contribution in [3.05, 3.63) is 12.2 Å². The molecule has 1 nitrogen and oxygen atoms in total. The summed E-state index contributed by atoms with van der Waals surface area (Å²) in [4.78, 5) is 0. The second kappa shape index (κ2) is 3.61. The summed E-state index contributed by atoms with van der Waals surface area (Å²) in [6.07, 6.45) is 5.47. The highest BCUT2D eigenvalue weighted by Gasteiger charge is 2.33. The molecule has 0 aromatic rings. The van der Waals surface area contributed by atoms with Gasteiger partial charge in [-0.05, 0) is 37.7 Å². The van der Waals surface area contributed by atoms with E-state index in [0.29, 0.717) is 5.92 Å². The van der Waals surface area contributed by atoms with E-state index in [0.717, 1.165) is 24.8 Å². The highest BCUT2D eigenvalue weighted by Crippen LogP contribution is 2.37. The minimum Gasteiger partial charge on any atom is -0.386 e. The minimum atomic E-state index is -0.543. The second-order valence-electron chi connectivity index (χ2n) is 4.18. The van der Waals surface area contributed by atoms with Crippen molar-refractivity contribution in [1.82, 2.24) is 0 Å². The van der Waals surface area contributed by atoms with Crippen molar-refractivity contribution < 1.29 is 5.11 Å². The van der Waals surface area contributed by atoms with Gasteiger partial charge in [-0.25, -0.2) is 0 Å². The zero-order chi connectivity index (χ0) is 9.19. The Labute approximate surface area is 75.5 Å². The van der Waals surface area contributed by atoms with Crippen molar-refractivity contribution in [2.75, 3.05) is 0 Å². The standard InChI is InChI=1S/C11H20O/c1-4-10-6-5-7-11(12,8-10)9(2)3/h10,12H,2,4-8H2,1,3H3. The highest BCUT2D eigenvalue weighted by atomic mass is 16.3. The maximum absolute atomic E-state index is 10.2. The minimum absolute atomic E-state index is 0.543. The van der Waals surface area contributed by atoms with Crippen molar-refractivity contribution in [2.45, 2.75) is 51.6 Å². The van der Waals surface area contributed by atoms with E-state index in [1.54, 1.807) is 0 Å². The Balaban J connectivity index is 2.61. The summed E-state index contributed by atoms with van der Waals surface area (Å²) in [7, 11) is 0. The summed E-state index contributed by atoms with van der Waals surface area (Å²) in [5.41, 5.74) is 0.402. The summed E-state index contributed by atoms with van der Waals surface area (Å²) in [6.45, 7) is 8.02. The van der Waals surface area contributed by atoms with E-state index in [-0.39, 0.29) is 0 Å². The first kappa shape index (κ1) is 9.79. The van der Waals surface area contributed by atoms with Crippen LogP contribution in [0.3, 0.4) is 0 Å². The van der Waals surface area contributed by atoms with Crippen LogP contribution in [0.4, 0.5) is 0 Å². The van der Waals surface area contributed by atoms with Crippen molar-refractivity contribution in [3.8, 4) is 0 Å². The Kier molecular flexibility index (Phi) is 2.94. The lowest BCUT2D eigenvalue weighted by molar-refractivity contribution is 0.0169.